The average molecular weight is 351 g/mol. The van der Waals surface area contributed by atoms with Gasteiger partial charge in [0.05, 0.1) is 16.6 Å². The van der Waals surface area contributed by atoms with E-state index in [0.717, 1.165) is 37.8 Å². The van der Waals surface area contributed by atoms with Crippen LogP contribution in [0.1, 0.15) is 25.7 Å². The Kier molecular flexibility index (Phi) is 5.19. The predicted octanol–water partition coefficient (Wildman–Crippen LogP) is 2.70. The molecule has 0 bridgehead atoms. The second-order valence-electron chi connectivity index (χ2n) is 5.03. The molecule has 0 atom stereocenters. The summed E-state index contributed by atoms with van der Waals surface area (Å²) in [5, 5.41) is -0.0117. The molecule has 0 spiro atoms. The highest BCUT2D eigenvalue weighted by molar-refractivity contribution is 7.89. The van der Waals surface area contributed by atoms with Gasteiger partial charge in [-0.1, -0.05) is 36.7 Å². The van der Waals surface area contributed by atoms with Crippen molar-refractivity contribution in [3.05, 3.63) is 29.0 Å². The first-order chi connectivity index (χ1) is 9.82. The molecule has 0 aromatic heterocycles. The third-order valence-electron chi connectivity index (χ3n) is 3.52. The summed E-state index contributed by atoms with van der Waals surface area (Å²) in [5.41, 5.74) is 5.52. The van der Waals surface area contributed by atoms with Gasteiger partial charge in [0.15, 0.2) is 0 Å². The van der Waals surface area contributed by atoms with Crippen molar-refractivity contribution in [2.45, 2.75) is 36.6 Å². The van der Waals surface area contributed by atoms with E-state index in [1.54, 1.807) is 0 Å². The predicted molar refractivity (Wildman–Crippen MR) is 84.3 cm³/mol. The van der Waals surface area contributed by atoms with E-state index in [0.29, 0.717) is 0 Å². The highest BCUT2D eigenvalue weighted by atomic mass is 35.5. The van der Waals surface area contributed by atoms with Crippen LogP contribution < -0.4 is 5.73 Å². The number of benzene rings is 1. The summed E-state index contributed by atoms with van der Waals surface area (Å²) in [6.45, 7) is -0.0603. The van der Waals surface area contributed by atoms with Crippen LogP contribution in [0, 0.1) is 5.82 Å². The van der Waals surface area contributed by atoms with E-state index in [-0.39, 0.29) is 27.5 Å². The van der Waals surface area contributed by atoms with Gasteiger partial charge in [-0.05, 0) is 31.0 Å². The molecule has 1 aliphatic carbocycles. The second kappa shape index (κ2) is 6.56. The zero-order valence-electron chi connectivity index (χ0n) is 11.3. The van der Waals surface area contributed by atoms with Crippen LogP contribution >= 0.6 is 23.8 Å². The van der Waals surface area contributed by atoms with Gasteiger partial charge in [0.25, 0.3) is 0 Å². The Morgan fingerprint density at radius 1 is 1.43 bits per heavy atom. The fourth-order valence-electron chi connectivity index (χ4n) is 2.56. The molecule has 1 aromatic rings. The van der Waals surface area contributed by atoms with Gasteiger partial charge < -0.3 is 5.73 Å². The zero-order valence-corrected chi connectivity index (χ0v) is 13.6. The molecule has 0 radical (unpaired) electrons. The highest BCUT2D eigenvalue weighted by Crippen LogP contribution is 2.31. The van der Waals surface area contributed by atoms with Gasteiger partial charge in [-0.3, -0.25) is 0 Å². The van der Waals surface area contributed by atoms with E-state index in [9.17, 15) is 12.8 Å². The molecular weight excluding hydrogens is 335 g/mol. The van der Waals surface area contributed by atoms with Crippen LogP contribution in [0.2, 0.25) is 5.02 Å². The van der Waals surface area contributed by atoms with Crippen molar-refractivity contribution >= 4 is 38.8 Å². The maximum Gasteiger partial charge on any atom is 0.245 e. The molecule has 1 aromatic carbocycles. The largest absolute Gasteiger partial charge is 0.392 e. The summed E-state index contributed by atoms with van der Waals surface area (Å²) in [7, 11) is -3.94. The lowest BCUT2D eigenvalue weighted by molar-refractivity contribution is 0.355. The molecule has 0 aliphatic heterocycles. The third-order valence-corrected chi connectivity index (χ3v) is 6.03. The van der Waals surface area contributed by atoms with Gasteiger partial charge in [0.2, 0.25) is 10.0 Å². The maximum atomic E-state index is 13.4. The van der Waals surface area contributed by atoms with Crippen LogP contribution in [0.5, 0.6) is 0 Å². The molecule has 1 saturated carbocycles. The van der Waals surface area contributed by atoms with Crippen LogP contribution in [0.15, 0.2) is 23.1 Å². The summed E-state index contributed by atoms with van der Waals surface area (Å²) in [5.74, 6) is -0.653. The van der Waals surface area contributed by atoms with Crippen molar-refractivity contribution in [2.24, 2.45) is 5.73 Å². The van der Waals surface area contributed by atoms with Gasteiger partial charge in [-0.15, -0.1) is 0 Å². The zero-order chi connectivity index (χ0) is 15.6. The molecule has 0 saturated heterocycles. The van der Waals surface area contributed by atoms with Gasteiger partial charge in [0.1, 0.15) is 10.7 Å². The standard InChI is InChI=1S/C13H16ClFN2O2S2/c14-11-6-5-9(15)7-12(11)21(18,19)17(8-13(16)20)10-3-1-2-4-10/h5-7,10H,1-4,8H2,(H2,16,20). The smallest absolute Gasteiger partial charge is 0.245 e. The van der Waals surface area contributed by atoms with Crippen molar-refractivity contribution in [1.82, 2.24) is 4.31 Å². The quantitative estimate of drug-likeness (QED) is 0.829. The van der Waals surface area contributed by atoms with Crippen LogP contribution in [0.3, 0.4) is 0 Å². The van der Waals surface area contributed by atoms with Crippen molar-refractivity contribution in [3.8, 4) is 0 Å². The number of halogens is 2. The number of nitrogens with two attached hydrogens (primary N) is 1. The number of nitrogens with zero attached hydrogens (tertiary/aromatic N) is 1. The number of hydrogen-bond acceptors (Lipinski definition) is 3. The Hall–Kier alpha value is -0.760. The summed E-state index contributed by atoms with van der Waals surface area (Å²) < 4.78 is 40.2. The van der Waals surface area contributed by atoms with Crippen LogP contribution in [-0.2, 0) is 10.0 Å². The average Bonchev–Trinajstić information content (AvgIpc) is 2.92. The third kappa shape index (κ3) is 3.71. The van der Waals surface area contributed by atoms with Crippen molar-refractivity contribution < 1.29 is 12.8 Å². The number of sulfonamides is 1. The van der Waals surface area contributed by atoms with E-state index in [1.165, 1.54) is 10.4 Å². The Balaban J connectivity index is 2.45. The van der Waals surface area contributed by atoms with Gasteiger partial charge >= 0.3 is 0 Å². The monoisotopic (exact) mass is 350 g/mol. The summed E-state index contributed by atoms with van der Waals surface area (Å²) in [6, 6.07) is 3.11. The van der Waals surface area contributed by atoms with Crippen LogP contribution in [-0.4, -0.2) is 30.3 Å². The van der Waals surface area contributed by atoms with Crippen molar-refractivity contribution in [3.63, 3.8) is 0 Å². The maximum absolute atomic E-state index is 13.4. The molecule has 21 heavy (non-hydrogen) atoms. The minimum absolute atomic E-state index is 0.0117. The van der Waals surface area contributed by atoms with E-state index >= 15 is 0 Å². The molecule has 0 amide bonds. The second-order valence-corrected chi connectivity index (χ2v) is 7.82. The normalized spacial score (nSPS) is 16.5. The topological polar surface area (TPSA) is 63.4 Å². The molecule has 4 nitrogen and oxygen atoms in total. The lowest BCUT2D eigenvalue weighted by Gasteiger charge is -2.28. The van der Waals surface area contributed by atoms with Gasteiger partial charge in [-0.2, -0.15) is 4.31 Å². The Morgan fingerprint density at radius 2 is 2.05 bits per heavy atom. The Bertz CT molecular complexity index is 646. The fourth-order valence-corrected chi connectivity index (χ4v) is 4.93. The molecule has 0 heterocycles. The summed E-state index contributed by atoms with van der Waals surface area (Å²) >= 11 is 10.8. The van der Waals surface area contributed by atoms with Crippen molar-refractivity contribution in [1.29, 1.82) is 0 Å². The van der Waals surface area contributed by atoms with Crippen LogP contribution in [0.25, 0.3) is 0 Å². The SMILES string of the molecule is NC(=S)CN(C1CCCC1)S(=O)(=O)c1cc(F)ccc1Cl. The van der Waals surface area contributed by atoms with E-state index in [2.05, 4.69) is 0 Å². The number of rotatable bonds is 5. The summed E-state index contributed by atoms with van der Waals surface area (Å²) in [4.78, 5) is -0.162. The van der Waals surface area contributed by atoms with E-state index in [4.69, 9.17) is 29.6 Å². The molecule has 1 aliphatic rings. The van der Waals surface area contributed by atoms with Crippen LogP contribution in [0.4, 0.5) is 4.39 Å². The first kappa shape index (κ1) is 16.6. The molecular formula is C13H16ClFN2O2S2. The first-order valence-electron chi connectivity index (χ1n) is 6.57. The van der Waals surface area contributed by atoms with Crippen molar-refractivity contribution in [2.75, 3.05) is 6.54 Å². The number of hydrogen-bond donors (Lipinski definition) is 1. The molecule has 8 heteroatoms. The van der Waals surface area contributed by atoms with E-state index in [1.807, 2.05) is 0 Å². The lowest BCUT2D eigenvalue weighted by Crippen LogP contribution is -2.43. The number of thiocarbonyl (C=S) groups is 1. The lowest BCUT2D eigenvalue weighted by atomic mass is 10.2. The molecule has 2 N–H and O–H groups in total. The summed E-state index contributed by atoms with van der Waals surface area (Å²) in [6.07, 6.45) is 3.39. The minimum atomic E-state index is -3.94. The first-order valence-corrected chi connectivity index (χ1v) is 8.80. The molecule has 1 fully saturated rings. The molecule has 116 valence electrons. The Labute approximate surface area is 134 Å². The van der Waals surface area contributed by atoms with Gasteiger partial charge in [0, 0.05) is 6.04 Å². The van der Waals surface area contributed by atoms with E-state index < -0.39 is 15.8 Å². The van der Waals surface area contributed by atoms with Gasteiger partial charge in [-0.25, -0.2) is 12.8 Å². The Morgan fingerprint density at radius 3 is 2.62 bits per heavy atom. The molecule has 0 unspecified atom stereocenters. The fraction of sp³-hybridized carbons (Fsp3) is 0.462. The highest BCUT2D eigenvalue weighted by Gasteiger charge is 2.35. The minimum Gasteiger partial charge on any atom is -0.392 e. The molecule has 2 rings (SSSR count).